The summed E-state index contributed by atoms with van der Waals surface area (Å²) in [5, 5.41) is 21.6. The first-order valence-corrected chi connectivity index (χ1v) is 8.42. The van der Waals surface area contributed by atoms with Crippen molar-refractivity contribution in [2.45, 2.75) is 6.92 Å². The van der Waals surface area contributed by atoms with Crippen LogP contribution in [0.15, 0.2) is 48.5 Å². The molecule has 0 unspecified atom stereocenters. The van der Waals surface area contributed by atoms with Gasteiger partial charge in [0.2, 0.25) is 0 Å². The van der Waals surface area contributed by atoms with Gasteiger partial charge in [-0.3, -0.25) is 10.2 Å². The Hall–Kier alpha value is -3.87. The van der Waals surface area contributed by atoms with Crippen molar-refractivity contribution in [3.05, 3.63) is 70.8 Å². The van der Waals surface area contributed by atoms with E-state index >= 15 is 0 Å². The minimum Gasteiger partial charge on any atom is -0.508 e. The minimum atomic E-state index is -0.540. The molecule has 0 atom stereocenters. The summed E-state index contributed by atoms with van der Waals surface area (Å²) in [6.45, 7) is 1.64. The highest BCUT2D eigenvalue weighted by atomic mass is 16.5. The van der Waals surface area contributed by atoms with Crippen LogP contribution in [0.2, 0.25) is 0 Å². The highest BCUT2D eigenvalue weighted by Crippen LogP contribution is 2.29. The molecule has 28 heavy (non-hydrogen) atoms. The number of phenols is 1. The van der Waals surface area contributed by atoms with Crippen LogP contribution in [0.4, 0.5) is 5.69 Å². The molecule has 3 rings (SSSR count). The molecule has 0 fully saturated rings. The average molecular weight is 377 g/mol. The first-order chi connectivity index (χ1) is 13.3. The number of ether oxygens (including phenoxy) is 1. The maximum atomic E-state index is 12.8. The van der Waals surface area contributed by atoms with Crippen molar-refractivity contribution in [3.8, 4) is 5.75 Å². The Balaban J connectivity index is 2.14. The van der Waals surface area contributed by atoms with E-state index in [4.69, 9.17) is 15.9 Å². The molecule has 5 N–H and O–H groups in total. The first kappa shape index (κ1) is 18.9. The third-order valence-electron chi connectivity index (χ3n) is 4.48. The van der Waals surface area contributed by atoms with E-state index in [1.807, 2.05) is 0 Å². The molecule has 0 saturated heterocycles. The highest BCUT2D eigenvalue weighted by Gasteiger charge is 2.16. The molecule has 0 radical (unpaired) electrons. The molecule has 1 amide bonds. The normalized spacial score (nSPS) is 10.5. The third kappa shape index (κ3) is 3.50. The number of carbonyl (C=O) groups excluding carboxylic acids is 2. The number of phenolic OH excluding ortho intramolecular Hbond substituents is 1. The predicted molar refractivity (Wildman–Crippen MR) is 107 cm³/mol. The lowest BCUT2D eigenvalue weighted by Crippen LogP contribution is -2.15. The number of esters is 1. The second-order valence-electron chi connectivity index (χ2n) is 6.27. The number of aromatic hydroxyl groups is 1. The molecule has 3 aromatic carbocycles. The molecule has 0 saturated carbocycles. The summed E-state index contributed by atoms with van der Waals surface area (Å²) >= 11 is 0. The zero-order valence-corrected chi connectivity index (χ0v) is 15.4. The van der Waals surface area contributed by atoms with E-state index in [9.17, 15) is 14.7 Å². The van der Waals surface area contributed by atoms with E-state index in [-0.39, 0.29) is 17.1 Å². The van der Waals surface area contributed by atoms with Gasteiger partial charge in [-0.05, 0) is 42.6 Å². The van der Waals surface area contributed by atoms with Crippen molar-refractivity contribution in [1.29, 1.82) is 5.41 Å². The summed E-state index contributed by atoms with van der Waals surface area (Å²) in [5.41, 5.74) is 7.45. The number of amidine groups is 1. The Morgan fingerprint density at radius 1 is 1.11 bits per heavy atom. The lowest BCUT2D eigenvalue weighted by atomic mass is 10.0. The number of nitrogens with one attached hydrogen (secondary N) is 2. The third-order valence-corrected chi connectivity index (χ3v) is 4.48. The Kier molecular flexibility index (Phi) is 5.00. The number of hydrogen-bond acceptors (Lipinski definition) is 5. The first-order valence-electron chi connectivity index (χ1n) is 8.42. The molecular formula is C21H19N3O4. The number of benzene rings is 3. The van der Waals surface area contributed by atoms with Gasteiger partial charge in [0.05, 0.1) is 12.7 Å². The van der Waals surface area contributed by atoms with Crippen molar-refractivity contribution in [2.24, 2.45) is 5.73 Å². The monoisotopic (exact) mass is 377 g/mol. The standard InChI is InChI=1S/C21H19N3O4/c1-11-15(4-3-5-18(11)25)20(26)24-17-10-14(21(27)28-2)8-12-6-7-13(19(22)23)9-16(12)17/h3-10,25H,1-2H3,(H3,22,23)(H,24,26). The van der Waals surface area contributed by atoms with Crippen LogP contribution in [0.3, 0.4) is 0 Å². The fourth-order valence-corrected chi connectivity index (χ4v) is 2.92. The molecule has 0 aliphatic rings. The Bertz CT molecular complexity index is 1120. The highest BCUT2D eigenvalue weighted by molar-refractivity contribution is 6.12. The lowest BCUT2D eigenvalue weighted by Gasteiger charge is -2.13. The summed E-state index contributed by atoms with van der Waals surface area (Å²) in [5.74, 6) is -1.08. The van der Waals surface area contributed by atoms with Crippen molar-refractivity contribution in [3.63, 3.8) is 0 Å². The SMILES string of the molecule is COC(=O)c1cc(NC(=O)c2cccc(O)c2C)c2cc(C(=N)N)ccc2c1. The van der Waals surface area contributed by atoms with Gasteiger partial charge in [0.1, 0.15) is 11.6 Å². The molecule has 142 valence electrons. The zero-order chi connectivity index (χ0) is 20.4. The predicted octanol–water partition coefficient (Wildman–Crippen LogP) is 3.18. The van der Waals surface area contributed by atoms with Gasteiger partial charge in [-0.15, -0.1) is 0 Å². The largest absolute Gasteiger partial charge is 0.508 e. The second kappa shape index (κ2) is 7.40. The Morgan fingerprint density at radius 3 is 2.54 bits per heavy atom. The van der Waals surface area contributed by atoms with Crippen LogP contribution in [-0.4, -0.2) is 29.9 Å². The molecule has 0 heterocycles. The van der Waals surface area contributed by atoms with E-state index in [0.717, 1.165) is 0 Å². The zero-order valence-electron chi connectivity index (χ0n) is 15.4. The minimum absolute atomic E-state index is 0.0136. The van der Waals surface area contributed by atoms with Crippen molar-refractivity contribution in [2.75, 3.05) is 12.4 Å². The van der Waals surface area contributed by atoms with Gasteiger partial charge in [-0.2, -0.15) is 0 Å². The van der Waals surface area contributed by atoms with Crippen molar-refractivity contribution in [1.82, 2.24) is 0 Å². The Morgan fingerprint density at radius 2 is 1.86 bits per heavy atom. The van der Waals surface area contributed by atoms with Crippen LogP contribution in [0.5, 0.6) is 5.75 Å². The molecule has 0 aliphatic heterocycles. The van der Waals surface area contributed by atoms with Gasteiger partial charge in [0, 0.05) is 27.8 Å². The number of amides is 1. The number of methoxy groups -OCH3 is 1. The lowest BCUT2D eigenvalue weighted by molar-refractivity contribution is 0.0600. The smallest absolute Gasteiger partial charge is 0.337 e. The molecule has 7 heteroatoms. The van der Waals surface area contributed by atoms with Gasteiger partial charge in [-0.25, -0.2) is 4.79 Å². The molecular weight excluding hydrogens is 358 g/mol. The topological polar surface area (TPSA) is 125 Å². The van der Waals surface area contributed by atoms with E-state index < -0.39 is 11.9 Å². The maximum absolute atomic E-state index is 12.8. The van der Waals surface area contributed by atoms with Gasteiger partial charge in [0.25, 0.3) is 5.91 Å². The van der Waals surface area contributed by atoms with Crippen molar-refractivity contribution < 1.29 is 19.4 Å². The van der Waals surface area contributed by atoms with E-state index in [1.54, 1.807) is 43.3 Å². The number of fused-ring (bicyclic) bond motifs is 1. The number of anilines is 1. The van der Waals surface area contributed by atoms with Gasteiger partial charge in [-0.1, -0.05) is 18.2 Å². The average Bonchev–Trinajstić information content (AvgIpc) is 2.68. The number of rotatable bonds is 4. The maximum Gasteiger partial charge on any atom is 0.337 e. The molecule has 3 aromatic rings. The summed E-state index contributed by atoms with van der Waals surface area (Å²) in [6, 6.07) is 12.9. The van der Waals surface area contributed by atoms with E-state index in [0.29, 0.717) is 33.2 Å². The summed E-state index contributed by atoms with van der Waals surface area (Å²) in [4.78, 5) is 24.8. The van der Waals surface area contributed by atoms with Crippen LogP contribution in [0.25, 0.3) is 10.8 Å². The fraction of sp³-hybridized carbons (Fsp3) is 0.0952. The molecule has 0 aromatic heterocycles. The molecule has 0 spiro atoms. The van der Waals surface area contributed by atoms with Crippen LogP contribution >= 0.6 is 0 Å². The van der Waals surface area contributed by atoms with E-state index in [1.165, 1.54) is 19.2 Å². The Labute approximate surface area is 161 Å². The number of nitrogens with two attached hydrogens (primary N) is 1. The molecule has 0 bridgehead atoms. The number of nitrogen functional groups attached to an aromatic ring is 1. The van der Waals surface area contributed by atoms with Gasteiger partial charge < -0.3 is 20.9 Å². The number of carbonyl (C=O) groups is 2. The van der Waals surface area contributed by atoms with Crippen LogP contribution in [0.1, 0.15) is 31.8 Å². The van der Waals surface area contributed by atoms with E-state index in [2.05, 4.69) is 5.32 Å². The number of hydrogen-bond donors (Lipinski definition) is 4. The summed E-state index contributed by atoms with van der Waals surface area (Å²) in [6.07, 6.45) is 0. The van der Waals surface area contributed by atoms with Crippen LogP contribution in [-0.2, 0) is 4.74 Å². The second-order valence-corrected chi connectivity index (χ2v) is 6.27. The molecule has 0 aliphatic carbocycles. The van der Waals surface area contributed by atoms with Gasteiger partial charge in [0.15, 0.2) is 0 Å². The molecule has 7 nitrogen and oxygen atoms in total. The quantitative estimate of drug-likeness (QED) is 0.316. The summed E-state index contributed by atoms with van der Waals surface area (Å²) in [7, 11) is 1.28. The van der Waals surface area contributed by atoms with Crippen LogP contribution in [0, 0.1) is 12.3 Å². The van der Waals surface area contributed by atoms with Crippen molar-refractivity contribution >= 4 is 34.2 Å². The fourth-order valence-electron chi connectivity index (χ4n) is 2.92. The van der Waals surface area contributed by atoms with Crippen LogP contribution < -0.4 is 11.1 Å². The summed E-state index contributed by atoms with van der Waals surface area (Å²) < 4.78 is 4.79. The van der Waals surface area contributed by atoms with Gasteiger partial charge >= 0.3 is 5.97 Å².